The van der Waals surface area contributed by atoms with Gasteiger partial charge in [0.1, 0.15) is 18.3 Å². The Kier molecular flexibility index (Phi) is 4.40. The number of rotatable bonds is 2. The number of carbonyl (C=O) groups excluding carboxylic acids is 2. The Hall–Kier alpha value is -1.88. The molecule has 0 aromatic heterocycles. The lowest BCUT2D eigenvalue weighted by atomic mass is 9.54. The van der Waals surface area contributed by atoms with Gasteiger partial charge in [0, 0.05) is 17.6 Å². The lowest BCUT2D eigenvalue weighted by Gasteiger charge is -2.52. The average molecular weight is 346 g/mol. The fraction of sp³-hybridized carbons (Fsp3) is 0.600. The normalized spacial score (nSPS) is 40.0. The second-order valence-corrected chi connectivity index (χ2v) is 8.14. The van der Waals surface area contributed by atoms with Crippen molar-refractivity contribution in [3.05, 3.63) is 36.0 Å². The molecule has 136 valence electrons. The third-order valence-electron chi connectivity index (χ3n) is 5.94. The molecule has 3 fully saturated rings. The van der Waals surface area contributed by atoms with Crippen molar-refractivity contribution >= 4 is 11.9 Å². The van der Waals surface area contributed by atoms with E-state index in [0.717, 1.165) is 5.57 Å². The zero-order valence-corrected chi connectivity index (χ0v) is 15.1. The van der Waals surface area contributed by atoms with Crippen LogP contribution in [-0.4, -0.2) is 35.4 Å². The predicted octanol–water partition coefficient (Wildman–Crippen LogP) is 2.70. The van der Waals surface area contributed by atoms with Gasteiger partial charge in [-0.15, -0.1) is 0 Å². The second-order valence-electron chi connectivity index (χ2n) is 8.14. The molecule has 0 aromatic rings. The number of allylic oxidation sites excluding steroid dienone is 1. The number of aliphatic hydroxyl groups excluding tert-OH is 1. The molecule has 3 rings (SSSR count). The van der Waals surface area contributed by atoms with E-state index in [1.54, 1.807) is 0 Å². The van der Waals surface area contributed by atoms with E-state index < -0.39 is 18.2 Å². The van der Waals surface area contributed by atoms with Crippen LogP contribution in [0.3, 0.4) is 0 Å². The van der Waals surface area contributed by atoms with Crippen LogP contribution in [0.5, 0.6) is 0 Å². The Morgan fingerprint density at radius 2 is 2.04 bits per heavy atom. The van der Waals surface area contributed by atoms with E-state index in [4.69, 9.17) is 9.47 Å². The van der Waals surface area contributed by atoms with Crippen molar-refractivity contribution in [2.45, 2.75) is 58.3 Å². The average Bonchev–Trinajstić information content (AvgIpc) is 2.76. The van der Waals surface area contributed by atoms with Crippen molar-refractivity contribution in [3.8, 4) is 0 Å². The van der Waals surface area contributed by atoms with Gasteiger partial charge < -0.3 is 14.6 Å². The third-order valence-corrected chi connectivity index (χ3v) is 5.94. The van der Waals surface area contributed by atoms with Gasteiger partial charge in [-0.25, -0.2) is 9.59 Å². The largest absolute Gasteiger partial charge is 0.458 e. The molecule has 0 unspecified atom stereocenters. The van der Waals surface area contributed by atoms with Gasteiger partial charge in [-0.3, -0.25) is 0 Å². The maximum Gasteiger partial charge on any atom is 0.334 e. The fourth-order valence-corrected chi connectivity index (χ4v) is 4.66. The lowest BCUT2D eigenvalue weighted by Crippen LogP contribution is -2.52. The number of hydrogen-bond acceptors (Lipinski definition) is 5. The first kappa shape index (κ1) is 17.9. The molecule has 5 heteroatoms. The van der Waals surface area contributed by atoms with E-state index in [0.29, 0.717) is 30.4 Å². The molecule has 0 amide bonds. The lowest BCUT2D eigenvalue weighted by molar-refractivity contribution is -0.158. The number of aliphatic hydroxyl groups is 1. The molecule has 0 spiro atoms. The van der Waals surface area contributed by atoms with Crippen molar-refractivity contribution < 1.29 is 24.2 Å². The summed E-state index contributed by atoms with van der Waals surface area (Å²) in [6.45, 7) is 13.7. The summed E-state index contributed by atoms with van der Waals surface area (Å²) in [6.07, 6.45) is 1.59. The van der Waals surface area contributed by atoms with Gasteiger partial charge in [0.05, 0.1) is 0 Å². The van der Waals surface area contributed by atoms with E-state index in [9.17, 15) is 14.7 Å². The maximum atomic E-state index is 12.0. The van der Waals surface area contributed by atoms with E-state index in [-0.39, 0.29) is 29.3 Å². The number of hydrogen-bond donors (Lipinski definition) is 1. The molecule has 1 heterocycles. The zero-order chi connectivity index (χ0) is 18.5. The first-order chi connectivity index (χ1) is 11.6. The quantitative estimate of drug-likeness (QED) is 0.473. The second kappa shape index (κ2) is 6.13. The van der Waals surface area contributed by atoms with Crippen molar-refractivity contribution in [2.24, 2.45) is 17.3 Å². The van der Waals surface area contributed by atoms with Crippen LogP contribution in [0.4, 0.5) is 0 Å². The van der Waals surface area contributed by atoms with E-state index in [1.807, 2.05) is 13.8 Å². The van der Waals surface area contributed by atoms with Crippen LogP contribution in [-0.2, 0) is 19.1 Å². The Balaban J connectivity index is 1.81. The summed E-state index contributed by atoms with van der Waals surface area (Å²) in [7, 11) is 0. The number of fused-ring (bicyclic) bond motifs is 2. The van der Waals surface area contributed by atoms with Crippen LogP contribution in [0.25, 0.3) is 0 Å². The molecule has 1 aliphatic heterocycles. The summed E-state index contributed by atoms with van der Waals surface area (Å²) in [5.41, 5.74) is 1.80. The SMILES string of the molecule is C=C1C(=O)O[C@@H]2C[C@@]3(C)C[C@@H](OC(=O)C=C(C)C)[C@H](O)C(=C)[C@@H]3C[C@H]12. The third kappa shape index (κ3) is 3.06. The van der Waals surface area contributed by atoms with Gasteiger partial charge in [-0.2, -0.15) is 0 Å². The van der Waals surface area contributed by atoms with Crippen molar-refractivity contribution in [3.63, 3.8) is 0 Å². The van der Waals surface area contributed by atoms with Gasteiger partial charge in [0.15, 0.2) is 0 Å². The van der Waals surface area contributed by atoms with Crippen molar-refractivity contribution in [2.75, 3.05) is 0 Å². The molecule has 0 bridgehead atoms. The number of esters is 2. The molecule has 0 radical (unpaired) electrons. The van der Waals surface area contributed by atoms with Gasteiger partial charge in [-0.1, -0.05) is 25.7 Å². The maximum absolute atomic E-state index is 12.0. The standard InChI is InChI=1S/C20H26O5/c1-10(2)6-17(21)24-16-9-20(5)8-15-13(11(3)19(23)25-15)7-14(20)12(4)18(16)22/h6,13-16,18,22H,3-4,7-9H2,1-2,5H3/t13-,14+,15-,16-,18-,20+/m1/s1. The molecule has 1 saturated heterocycles. The van der Waals surface area contributed by atoms with Crippen LogP contribution in [0.2, 0.25) is 0 Å². The van der Waals surface area contributed by atoms with Crippen LogP contribution in [0.15, 0.2) is 36.0 Å². The van der Waals surface area contributed by atoms with Crippen LogP contribution >= 0.6 is 0 Å². The summed E-state index contributed by atoms with van der Waals surface area (Å²) in [4.78, 5) is 23.8. The molecule has 1 N–H and O–H groups in total. The van der Waals surface area contributed by atoms with E-state index in [2.05, 4.69) is 20.1 Å². The fourth-order valence-electron chi connectivity index (χ4n) is 4.66. The van der Waals surface area contributed by atoms with Gasteiger partial charge in [0.25, 0.3) is 0 Å². The highest BCUT2D eigenvalue weighted by molar-refractivity contribution is 5.90. The number of ether oxygens (including phenoxy) is 2. The highest BCUT2D eigenvalue weighted by atomic mass is 16.6. The summed E-state index contributed by atoms with van der Waals surface area (Å²) in [5, 5.41) is 10.6. The molecule has 6 atom stereocenters. The smallest absolute Gasteiger partial charge is 0.334 e. The van der Waals surface area contributed by atoms with E-state index in [1.165, 1.54) is 6.08 Å². The van der Waals surface area contributed by atoms with Gasteiger partial charge >= 0.3 is 11.9 Å². The van der Waals surface area contributed by atoms with Crippen LogP contribution < -0.4 is 0 Å². The molecule has 2 aliphatic carbocycles. The Labute approximate surface area is 148 Å². The Morgan fingerprint density at radius 3 is 2.68 bits per heavy atom. The minimum absolute atomic E-state index is 0.0145. The highest BCUT2D eigenvalue weighted by Crippen LogP contribution is 2.57. The molecular formula is C20H26O5. The van der Waals surface area contributed by atoms with Crippen molar-refractivity contribution in [1.29, 1.82) is 0 Å². The summed E-state index contributed by atoms with van der Waals surface area (Å²) in [6, 6.07) is 0. The van der Waals surface area contributed by atoms with E-state index >= 15 is 0 Å². The van der Waals surface area contributed by atoms with Crippen LogP contribution in [0, 0.1) is 17.3 Å². The molecule has 3 aliphatic rings. The summed E-state index contributed by atoms with van der Waals surface area (Å²) >= 11 is 0. The minimum Gasteiger partial charge on any atom is -0.458 e. The molecular weight excluding hydrogens is 320 g/mol. The monoisotopic (exact) mass is 346 g/mol. The first-order valence-corrected chi connectivity index (χ1v) is 8.74. The molecule has 0 aromatic carbocycles. The Bertz CT molecular complexity index is 672. The summed E-state index contributed by atoms with van der Waals surface area (Å²) in [5.74, 6) is -0.740. The number of carbonyl (C=O) groups is 2. The molecule has 5 nitrogen and oxygen atoms in total. The molecule has 25 heavy (non-hydrogen) atoms. The topological polar surface area (TPSA) is 72.8 Å². The predicted molar refractivity (Wildman–Crippen MR) is 92.4 cm³/mol. The minimum atomic E-state index is -0.893. The Morgan fingerprint density at radius 1 is 1.36 bits per heavy atom. The van der Waals surface area contributed by atoms with Gasteiger partial charge in [0.2, 0.25) is 0 Å². The van der Waals surface area contributed by atoms with Crippen LogP contribution in [0.1, 0.15) is 40.0 Å². The first-order valence-electron chi connectivity index (χ1n) is 8.74. The molecule has 2 saturated carbocycles. The van der Waals surface area contributed by atoms with Gasteiger partial charge in [-0.05, 0) is 50.0 Å². The van der Waals surface area contributed by atoms with Crippen molar-refractivity contribution in [1.82, 2.24) is 0 Å². The highest BCUT2D eigenvalue weighted by Gasteiger charge is 2.56. The zero-order valence-electron chi connectivity index (χ0n) is 15.1. The summed E-state index contributed by atoms with van der Waals surface area (Å²) < 4.78 is 11.0.